The fraction of sp³-hybridized carbons (Fsp3) is 0.417. The number of rotatable bonds is 3. The van der Waals surface area contributed by atoms with Gasteiger partial charge in [-0.1, -0.05) is 34.9 Å². The van der Waals surface area contributed by atoms with Crippen LogP contribution in [0.25, 0.3) is 5.57 Å². The SMILES string of the molecule is COc1c(C2=C(C)CCC(C(F)(F)F)=C2)cc(C)cc1C1CC(C)=CC=C1C. The van der Waals surface area contributed by atoms with Crippen molar-refractivity contribution in [2.45, 2.75) is 59.1 Å². The third kappa shape index (κ3) is 3.96. The van der Waals surface area contributed by atoms with E-state index in [1.54, 1.807) is 7.11 Å². The van der Waals surface area contributed by atoms with Gasteiger partial charge in [-0.05, 0) is 70.2 Å². The Kier molecular flexibility index (Phi) is 5.60. The van der Waals surface area contributed by atoms with E-state index in [9.17, 15) is 13.2 Å². The van der Waals surface area contributed by atoms with Gasteiger partial charge >= 0.3 is 6.18 Å². The van der Waals surface area contributed by atoms with Crippen molar-refractivity contribution in [2.75, 3.05) is 7.11 Å². The Bertz CT molecular complexity index is 911. The molecule has 28 heavy (non-hydrogen) atoms. The molecule has 1 unspecified atom stereocenters. The van der Waals surface area contributed by atoms with E-state index >= 15 is 0 Å². The van der Waals surface area contributed by atoms with Crippen molar-refractivity contribution in [1.82, 2.24) is 0 Å². The van der Waals surface area contributed by atoms with E-state index in [4.69, 9.17) is 4.74 Å². The van der Waals surface area contributed by atoms with Crippen molar-refractivity contribution in [3.63, 3.8) is 0 Å². The van der Waals surface area contributed by atoms with Gasteiger partial charge < -0.3 is 4.74 Å². The fourth-order valence-corrected chi connectivity index (χ4v) is 4.14. The van der Waals surface area contributed by atoms with Crippen LogP contribution < -0.4 is 4.74 Å². The molecular formula is C24H27F3O. The molecule has 1 aromatic carbocycles. The first-order chi connectivity index (χ1) is 13.1. The van der Waals surface area contributed by atoms with Gasteiger partial charge in [-0.15, -0.1) is 0 Å². The van der Waals surface area contributed by atoms with E-state index in [1.807, 2.05) is 19.9 Å². The van der Waals surface area contributed by atoms with Crippen LogP contribution in [0.2, 0.25) is 0 Å². The third-order valence-corrected chi connectivity index (χ3v) is 5.75. The number of aryl methyl sites for hydroxylation is 1. The van der Waals surface area contributed by atoms with Crippen LogP contribution in [0.5, 0.6) is 5.75 Å². The number of halogens is 3. The van der Waals surface area contributed by atoms with Gasteiger partial charge in [0.2, 0.25) is 0 Å². The van der Waals surface area contributed by atoms with Crippen molar-refractivity contribution in [3.05, 3.63) is 69.3 Å². The summed E-state index contributed by atoms with van der Waals surface area (Å²) in [6.45, 7) is 8.11. The summed E-state index contributed by atoms with van der Waals surface area (Å²) in [4.78, 5) is 0. The third-order valence-electron chi connectivity index (χ3n) is 5.75. The summed E-state index contributed by atoms with van der Waals surface area (Å²) < 4.78 is 45.8. The number of hydrogen-bond acceptors (Lipinski definition) is 1. The number of ether oxygens (including phenoxy) is 1. The van der Waals surface area contributed by atoms with E-state index in [2.05, 4.69) is 32.1 Å². The fourth-order valence-electron chi connectivity index (χ4n) is 4.14. The molecular weight excluding hydrogens is 361 g/mol. The molecule has 0 heterocycles. The van der Waals surface area contributed by atoms with E-state index in [1.165, 1.54) is 17.2 Å². The van der Waals surface area contributed by atoms with Crippen LogP contribution in [0.4, 0.5) is 13.2 Å². The summed E-state index contributed by atoms with van der Waals surface area (Å²) in [7, 11) is 1.61. The largest absolute Gasteiger partial charge is 0.496 e. The van der Waals surface area contributed by atoms with Gasteiger partial charge in [-0.25, -0.2) is 0 Å². The highest BCUT2D eigenvalue weighted by Gasteiger charge is 2.35. The standard InChI is InChI=1S/C24H27F3O/c1-14-6-7-16(3)19(10-14)21-11-15(2)12-22(23(21)28-5)20-13-18(24(25,26)27)9-8-17(20)4/h6-7,11-13,19H,8-10H2,1-5H3. The Labute approximate surface area is 165 Å². The maximum atomic E-state index is 13.3. The second kappa shape index (κ2) is 7.65. The summed E-state index contributed by atoms with van der Waals surface area (Å²) in [6, 6.07) is 4.05. The van der Waals surface area contributed by atoms with Gasteiger partial charge in [0.1, 0.15) is 5.75 Å². The maximum absolute atomic E-state index is 13.3. The molecule has 2 aliphatic rings. The van der Waals surface area contributed by atoms with E-state index in [-0.39, 0.29) is 12.3 Å². The zero-order valence-corrected chi connectivity index (χ0v) is 17.1. The minimum Gasteiger partial charge on any atom is -0.496 e. The molecule has 0 saturated carbocycles. The molecule has 0 aromatic heterocycles. The predicted octanol–water partition coefficient (Wildman–Crippen LogP) is 7.44. The highest BCUT2D eigenvalue weighted by atomic mass is 19.4. The summed E-state index contributed by atoms with van der Waals surface area (Å²) in [5.41, 5.74) is 6.50. The highest BCUT2D eigenvalue weighted by Crippen LogP contribution is 2.45. The van der Waals surface area contributed by atoms with Crippen molar-refractivity contribution in [3.8, 4) is 5.75 Å². The van der Waals surface area contributed by atoms with Crippen LogP contribution in [-0.4, -0.2) is 13.3 Å². The van der Waals surface area contributed by atoms with Crippen LogP contribution in [-0.2, 0) is 0 Å². The molecule has 0 radical (unpaired) electrons. The molecule has 0 bridgehead atoms. The average Bonchev–Trinajstić information content (AvgIpc) is 2.62. The number of methoxy groups -OCH3 is 1. The minimum atomic E-state index is -4.30. The van der Waals surface area contributed by atoms with Gasteiger partial charge in [-0.2, -0.15) is 13.2 Å². The van der Waals surface area contributed by atoms with Crippen LogP contribution in [0.1, 0.15) is 62.6 Å². The maximum Gasteiger partial charge on any atom is 0.412 e. The van der Waals surface area contributed by atoms with Gasteiger partial charge in [0.15, 0.2) is 0 Å². The molecule has 150 valence electrons. The first-order valence-corrected chi connectivity index (χ1v) is 9.62. The lowest BCUT2D eigenvalue weighted by atomic mass is 9.80. The molecule has 4 heteroatoms. The monoisotopic (exact) mass is 388 g/mol. The smallest absolute Gasteiger partial charge is 0.412 e. The first kappa shape index (κ1) is 20.5. The molecule has 1 nitrogen and oxygen atoms in total. The lowest BCUT2D eigenvalue weighted by Gasteiger charge is -2.27. The lowest BCUT2D eigenvalue weighted by molar-refractivity contribution is -0.0940. The molecule has 3 rings (SSSR count). The van der Waals surface area contributed by atoms with Gasteiger partial charge in [0, 0.05) is 22.6 Å². The summed E-state index contributed by atoms with van der Waals surface area (Å²) >= 11 is 0. The Morgan fingerprint density at radius 2 is 1.71 bits per heavy atom. The Morgan fingerprint density at radius 3 is 2.36 bits per heavy atom. The minimum absolute atomic E-state index is 0.0360. The summed E-state index contributed by atoms with van der Waals surface area (Å²) in [5, 5.41) is 0. The summed E-state index contributed by atoms with van der Waals surface area (Å²) in [6.07, 6.45) is 2.61. The quantitative estimate of drug-likeness (QED) is 0.523. The molecule has 0 fully saturated rings. The van der Waals surface area contributed by atoms with E-state index in [0.717, 1.165) is 28.7 Å². The lowest BCUT2D eigenvalue weighted by Crippen LogP contribution is -2.15. The van der Waals surface area contributed by atoms with Gasteiger partial charge in [0.25, 0.3) is 0 Å². The second-order valence-corrected chi connectivity index (χ2v) is 7.98. The summed E-state index contributed by atoms with van der Waals surface area (Å²) in [5.74, 6) is 0.862. The van der Waals surface area contributed by atoms with Crippen molar-refractivity contribution in [2.24, 2.45) is 0 Å². The second-order valence-electron chi connectivity index (χ2n) is 7.98. The first-order valence-electron chi connectivity index (χ1n) is 9.62. The number of benzene rings is 1. The number of allylic oxidation sites excluding steroid dienone is 8. The average molecular weight is 388 g/mol. The molecule has 0 saturated heterocycles. The van der Waals surface area contributed by atoms with Crippen molar-refractivity contribution in [1.29, 1.82) is 0 Å². The molecule has 1 atom stereocenters. The Morgan fingerprint density at radius 1 is 1.00 bits per heavy atom. The normalized spacial score (nSPS) is 20.6. The Hall–Kier alpha value is -2.23. The topological polar surface area (TPSA) is 9.23 Å². The zero-order chi connectivity index (χ0) is 20.6. The number of hydrogen-bond donors (Lipinski definition) is 0. The van der Waals surface area contributed by atoms with Crippen LogP contribution >= 0.6 is 0 Å². The number of alkyl halides is 3. The Balaban J connectivity index is 2.18. The van der Waals surface area contributed by atoms with Gasteiger partial charge in [0.05, 0.1) is 7.11 Å². The highest BCUT2D eigenvalue weighted by molar-refractivity contribution is 5.83. The van der Waals surface area contributed by atoms with Crippen molar-refractivity contribution < 1.29 is 17.9 Å². The molecule has 0 aliphatic heterocycles. The van der Waals surface area contributed by atoms with E-state index in [0.29, 0.717) is 17.7 Å². The molecule has 0 amide bonds. The zero-order valence-electron chi connectivity index (χ0n) is 17.1. The predicted molar refractivity (Wildman–Crippen MR) is 109 cm³/mol. The molecule has 2 aliphatic carbocycles. The molecule has 0 N–H and O–H groups in total. The molecule has 0 spiro atoms. The van der Waals surface area contributed by atoms with Crippen LogP contribution in [0.15, 0.2) is 52.7 Å². The molecule has 1 aromatic rings. The van der Waals surface area contributed by atoms with Crippen LogP contribution in [0.3, 0.4) is 0 Å². The van der Waals surface area contributed by atoms with Gasteiger partial charge in [-0.3, -0.25) is 0 Å². The van der Waals surface area contributed by atoms with Crippen molar-refractivity contribution >= 4 is 5.57 Å². The van der Waals surface area contributed by atoms with Crippen LogP contribution in [0, 0.1) is 6.92 Å². The van der Waals surface area contributed by atoms with E-state index < -0.39 is 11.7 Å².